The Hall–Kier alpha value is -2.83. The van der Waals surface area contributed by atoms with Crippen LogP contribution in [0.25, 0.3) is 0 Å². The van der Waals surface area contributed by atoms with Gasteiger partial charge in [0.05, 0.1) is 12.2 Å². The molecule has 0 spiro atoms. The van der Waals surface area contributed by atoms with Gasteiger partial charge in [-0.3, -0.25) is 4.79 Å². The molecule has 0 aliphatic carbocycles. The minimum absolute atomic E-state index is 0.0758. The van der Waals surface area contributed by atoms with Crippen LogP contribution in [0.5, 0.6) is 0 Å². The molecule has 0 unspecified atom stereocenters. The molecule has 1 aromatic carbocycles. The number of primary amides is 1. The zero-order valence-electron chi connectivity index (χ0n) is 10.2. The van der Waals surface area contributed by atoms with Crippen molar-refractivity contribution in [3.8, 4) is 0 Å². The highest BCUT2D eigenvalue weighted by molar-refractivity contribution is 5.93. The standard InChI is InChI=1S/C13H11FN2O4/c14-9-3-1-7(12(15)17)5-10(9)16-6-8-2-4-11(20-8)13(18)19/h1-5,16H,6H2,(H2,15,17)(H,18,19). The molecule has 2 rings (SSSR count). The number of carboxylic acids is 1. The van der Waals surface area contributed by atoms with Crippen LogP contribution in [0.2, 0.25) is 0 Å². The van der Waals surface area contributed by atoms with E-state index in [1.54, 1.807) is 0 Å². The van der Waals surface area contributed by atoms with Crippen molar-refractivity contribution in [2.75, 3.05) is 5.32 Å². The molecule has 20 heavy (non-hydrogen) atoms. The molecular weight excluding hydrogens is 267 g/mol. The van der Waals surface area contributed by atoms with E-state index in [-0.39, 0.29) is 23.6 Å². The Balaban J connectivity index is 2.11. The lowest BCUT2D eigenvalue weighted by Crippen LogP contribution is -2.12. The highest BCUT2D eigenvalue weighted by Gasteiger charge is 2.10. The largest absolute Gasteiger partial charge is 0.475 e. The van der Waals surface area contributed by atoms with Crippen LogP contribution in [-0.2, 0) is 6.54 Å². The minimum Gasteiger partial charge on any atom is -0.475 e. The molecular formula is C13H11FN2O4. The number of anilines is 1. The van der Waals surface area contributed by atoms with Crippen LogP contribution >= 0.6 is 0 Å². The SMILES string of the molecule is NC(=O)c1ccc(F)c(NCc2ccc(C(=O)O)o2)c1. The van der Waals surface area contributed by atoms with E-state index in [0.717, 1.165) is 6.07 Å². The number of hydrogen-bond donors (Lipinski definition) is 3. The Morgan fingerprint density at radius 2 is 2.05 bits per heavy atom. The first-order valence-corrected chi connectivity index (χ1v) is 5.62. The Morgan fingerprint density at radius 1 is 1.30 bits per heavy atom. The van der Waals surface area contributed by atoms with Gasteiger partial charge >= 0.3 is 5.97 Å². The fraction of sp³-hybridized carbons (Fsp3) is 0.0769. The molecule has 7 heteroatoms. The lowest BCUT2D eigenvalue weighted by Gasteiger charge is -2.07. The van der Waals surface area contributed by atoms with Gasteiger partial charge < -0.3 is 20.6 Å². The maximum Gasteiger partial charge on any atom is 0.371 e. The highest BCUT2D eigenvalue weighted by Crippen LogP contribution is 2.18. The smallest absolute Gasteiger partial charge is 0.371 e. The first-order valence-electron chi connectivity index (χ1n) is 5.62. The van der Waals surface area contributed by atoms with Gasteiger partial charge in [0.1, 0.15) is 11.6 Å². The first kappa shape index (κ1) is 13.6. The fourth-order valence-corrected chi connectivity index (χ4v) is 1.58. The van der Waals surface area contributed by atoms with Crippen LogP contribution in [0.1, 0.15) is 26.7 Å². The van der Waals surface area contributed by atoms with Crippen LogP contribution in [0.3, 0.4) is 0 Å². The molecule has 1 amide bonds. The van der Waals surface area contributed by atoms with Crippen molar-refractivity contribution >= 4 is 17.6 Å². The quantitative estimate of drug-likeness (QED) is 0.773. The van der Waals surface area contributed by atoms with Gasteiger partial charge in [0, 0.05) is 5.56 Å². The molecule has 1 heterocycles. The molecule has 1 aromatic heterocycles. The van der Waals surface area contributed by atoms with Crippen LogP contribution in [0, 0.1) is 5.82 Å². The maximum absolute atomic E-state index is 13.5. The van der Waals surface area contributed by atoms with E-state index in [0.29, 0.717) is 5.76 Å². The maximum atomic E-state index is 13.5. The topological polar surface area (TPSA) is 106 Å². The molecule has 0 aliphatic rings. The average Bonchev–Trinajstić information content (AvgIpc) is 2.86. The Bertz CT molecular complexity index is 666. The number of furan rings is 1. The van der Waals surface area contributed by atoms with E-state index < -0.39 is 17.7 Å². The monoisotopic (exact) mass is 278 g/mol. The molecule has 6 nitrogen and oxygen atoms in total. The molecule has 0 saturated carbocycles. The number of nitrogens with one attached hydrogen (secondary N) is 1. The van der Waals surface area contributed by atoms with Crippen LogP contribution in [0.15, 0.2) is 34.7 Å². The van der Waals surface area contributed by atoms with Crippen LogP contribution < -0.4 is 11.1 Å². The van der Waals surface area contributed by atoms with Gasteiger partial charge in [0.2, 0.25) is 11.7 Å². The van der Waals surface area contributed by atoms with E-state index in [9.17, 15) is 14.0 Å². The van der Waals surface area contributed by atoms with Crippen molar-refractivity contribution in [3.05, 3.63) is 53.2 Å². The molecule has 0 atom stereocenters. The van der Waals surface area contributed by atoms with Crippen LogP contribution in [0.4, 0.5) is 10.1 Å². The van der Waals surface area contributed by atoms with Crippen molar-refractivity contribution in [3.63, 3.8) is 0 Å². The van der Waals surface area contributed by atoms with Crippen molar-refractivity contribution in [1.29, 1.82) is 0 Å². The zero-order chi connectivity index (χ0) is 14.7. The summed E-state index contributed by atoms with van der Waals surface area (Å²) >= 11 is 0. The fourth-order valence-electron chi connectivity index (χ4n) is 1.58. The number of carbonyl (C=O) groups excluding carboxylic acids is 1. The van der Waals surface area contributed by atoms with Gasteiger partial charge in [-0.05, 0) is 30.3 Å². The second kappa shape index (κ2) is 5.43. The Labute approximate surface area is 113 Å². The van der Waals surface area contributed by atoms with E-state index in [4.69, 9.17) is 15.3 Å². The molecule has 0 fully saturated rings. The minimum atomic E-state index is -1.18. The molecule has 0 saturated heterocycles. The van der Waals surface area contributed by atoms with E-state index in [2.05, 4.69) is 5.32 Å². The molecule has 0 radical (unpaired) electrons. The predicted molar refractivity (Wildman–Crippen MR) is 67.9 cm³/mol. The summed E-state index contributed by atoms with van der Waals surface area (Å²) in [6, 6.07) is 6.44. The summed E-state index contributed by atoms with van der Waals surface area (Å²) in [4.78, 5) is 21.6. The summed E-state index contributed by atoms with van der Waals surface area (Å²) in [5, 5.41) is 11.4. The number of hydrogen-bond acceptors (Lipinski definition) is 4. The number of amides is 1. The van der Waals surface area contributed by atoms with E-state index >= 15 is 0 Å². The lowest BCUT2D eigenvalue weighted by atomic mass is 10.2. The summed E-state index contributed by atoms with van der Waals surface area (Å²) in [7, 11) is 0. The number of benzene rings is 1. The Kier molecular flexibility index (Phi) is 3.69. The normalized spacial score (nSPS) is 10.2. The number of carbonyl (C=O) groups is 2. The molecule has 104 valence electrons. The second-order valence-corrected chi connectivity index (χ2v) is 3.98. The van der Waals surface area contributed by atoms with Crippen molar-refractivity contribution in [2.24, 2.45) is 5.73 Å². The highest BCUT2D eigenvalue weighted by atomic mass is 19.1. The van der Waals surface area contributed by atoms with Gasteiger partial charge in [-0.15, -0.1) is 0 Å². The summed E-state index contributed by atoms with van der Waals surface area (Å²) in [6.07, 6.45) is 0. The summed E-state index contributed by atoms with van der Waals surface area (Å²) in [6.45, 7) is 0.0758. The zero-order valence-corrected chi connectivity index (χ0v) is 10.2. The number of aromatic carboxylic acids is 1. The molecule has 2 aromatic rings. The molecule has 0 bridgehead atoms. The Morgan fingerprint density at radius 3 is 2.65 bits per heavy atom. The van der Waals surface area contributed by atoms with Crippen molar-refractivity contribution < 1.29 is 23.5 Å². The van der Waals surface area contributed by atoms with Crippen LogP contribution in [-0.4, -0.2) is 17.0 Å². The van der Waals surface area contributed by atoms with Gasteiger partial charge in [0.15, 0.2) is 0 Å². The molecule has 0 aliphatic heterocycles. The lowest BCUT2D eigenvalue weighted by molar-refractivity contribution is 0.0660. The first-order chi connectivity index (χ1) is 9.47. The van der Waals surface area contributed by atoms with Gasteiger partial charge in [-0.2, -0.15) is 0 Å². The summed E-state index contributed by atoms with van der Waals surface area (Å²) < 4.78 is 18.5. The second-order valence-electron chi connectivity index (χ2n) is 3.98. The number of nitrogens with two attached hydrogens (primary N) is 1. The van der Waals surface area contributed by atoms with Crippen molar-refractivity contribution in [2.45, 2.75) is 6.54 Å². The molecule has 4 N–H and O–H groups in total. The van der Waals surface area contributed by atoms with Gasteiger partial charge in [0.25, 0.3) is 0 Å². The van der Waals surface area contributed by atoms with E-state index in [1.807, 2.05) is 0 Å². The third-order valence-corrected chi connectivity index (χ3v) is 2.58. The summed E-state index contributed by atoms with van der Waals surface area (Å²) in [5.74, 6) is -2.28. The van der Waals surface area contributed by atoms with E-state index in [1.165, 1.54) is 24.3 Å². The van der Waals surface area contributed by atoms with Crippen molar-refractivity contribution in [1.82, 2.24) is 0 Å². The number of halogens is 1. The third kappa shape index (κ3) is 2.94. The number of rotatable bonds is 5. The average molecular weight is 278 g/mol. The third-order valence-electron chi connectivity index (χ3n) is 2.58. The van der Waals surface area contributed by atoms with Gasteiger partial charge in [-0.1, -0.05) is 0 Å². The summed E-state index contributed by atoms with van der Waals surface area (Å²) in [5.41, 5.74) is 5.35. The van der Waals surface area contributed by atoms with Gasteiger partial charge in [-0.25, -0.2) is 9.18 Å². The number of carboxylic acid groups (broad SMARTS) is 1. The predicted octanol–water partition coefficient (Wildman–Crippen LogP) is 1.83.